The number of ether oxygens (including phenoxy) is 1. The lowest BCUT2D eigenvalue weighted by molar-refractivity contribution is -0.125. The maximum atomic E-state index is 14.5. The zero-order valence-corrected chi connectivity index (χ0v) is 16.4. The molecule has 0 saturated carbocycles. The summed E-state index contributed by atoms with van der Waals surface area (Å²) in [7, 11) is 0. The van der Waals surface area contributed by atoms with E-state index in [0.29, 0.717) is 5.69 Å². The van der Waals surface area contributed by atoms with Crippen molar-refractivity contribution in [1.29, 1.82) is 0 Å². The molecule has 1 aromatic carbocycles. The Hall–Kier alpha value is -3.57. The number of nitrogens with zero attached hydrogens (tertiary/aromatic N) is 2. The molecule has 0 aliphatic carbocycles. The number of carbonyl (C=O) groups is 3. The number of rotatable bonds is 8. The highest BCUT2D eigenvalue weighted by molar-refractivity contribution is 5.93. The molecule has 1 radical (unpaired) electrons. The minimum Gasteiger partial charge on any atom is -0.368 e. The molecule has 163 valence electrons. The lowest BCUT2D eigenvalue weighted by atomic mass is 10.2. The lowest BCUT2D eigenvalue weighted by Gasteiger charge is -2.20. The molecule has 1 unspecified atom stereocenters. The van der Waals surface area contributed by atoms with Crippen molar-refractivity contribution in [2.24, 2.45) is 11.5 Å². The third-order valence-corrected chi connectivity index (χ3v) is 4.61. The summed E-state index contributed by atoms with van der Waals surface area (Å²) in [5.41, 5.74) is 10.3. The van der Waals surface area contributed by atoms with Gasteiger partial charge in [0.15, 0.2) is 0 Å². The van der Waals surface area contributed by atoms with Crippen molar-refractivity contribution >= 4 is 23.4 Å². The van der Waals surface area contributed by atoms with Gasteiger partial charge in [-0.3, -0.25) is 28.6 Å². The zero-order valence-electron chi connectivity index (χ0n) is 16.4. The number of primary amides is 2. The summed E-state index contributed by atoms with van der Waals surface area (Å²) in [6.45, 7) is -0.471. The number of carbonyl (C=O) groups excluding carboxylic acids is 3. The van der Waals surface area contributed by atoms with Crippen LogP contribution in [0.25, 0.3) is 5.69 Å². The van der Waals surface area contributed by atoms with Crippen molar-refractivity contribution in [3.05, 3.63) is 65.2 Å². The van der Waals surface area contributed by atoms with E-state index in [9.17, 15) is 23.6 Å². The van der Waals surface area contributed by atoms with Crippen LogP contribution in [0.5, 0.6) is 0 Å². The van der Waals surface area contributed by atoms with Crippen molar-refractivity contribution in [3.63, 3.8) is 0 Å². The molecule has 2 aromatic rings. The van der Waals surface area contributed by atoms with E-state index in [2.05, 4.69) is 5.32 Å². The Morgan fingerprint density at radius 3 is 2.61 bits per heavy atom. The van der Waals surface area contributed by atoms with Crippen LogP contribution in [0, 0.1) is 12.2 Å². The molecule has 1 aliphatic heterocycles. The molecule has 0 bridgehead atoms. The summed E-state index contributed by atoms with van der Waals surface area (Å²) in [4.78, 5) is 48.3. The molecule has 10 nitrogen and oxygen atoms in total. The molecule has 31 heavy (non-hydrogen) atoms. The Kier molecular flexibility index (Phi) is 6.78. The smallest absolute Gasteiger partial charge is 0.255 e. The van der Waals surface area contributed by atoms with Gasteiger partial charge in [-0.25, -0.2) is 4.39 Å². The second-order valence-electron chi connectivity index (χ2n) is 6.91. The minimum absolute atomic E-state index is 0.0851. The fraction of sp³-hybridized carbons (Fsp3) is 0.250. The third kappa shape index (κ3) is 5.53. The Morgan fingerprint density at radius 2 is 1.97 bits per heavy atom. The average Bonchev–Trinajstić information content (AvgIpc) is 3.11. The van der Waals surface area contributed by atoms with Crippen molar-refractivity contribution < 1.29 is 23.5 Å². The van der Waals surface area contributed by atoms with Crippen LogP contribution in [0.1, 0.15) is 0 Å². The summed E-state index contributed by atoms with van der Waals surface area (Å²) in [5.74, 6) is -2.68. The van der Waals surface area contributed by atoms with Gasteiger partial charge in [-0.1, -0.05) is 6.07 Å². The first-order chi connectivity index (χ1) is 14.7. The van der Waals surface area contributed by atoms with Gasteiger partial charge in [-0.15, -0.1) is 0 Å². The predicted molar refractivity (Wildman–Crippen MR) is 108 cm³/mol. The number of nitrogens with one attached hydrogen (secondary N) is 1. The van der Waals surface area contributed by atoms with Crippen molar-refractivity contribution in [3.8, 4) is 5.69 Å². The van der Waals surface area contributed by atoms with Gasteiger partial charge in [0, 0.05) is 31.3 Å². The van der Waals surface area contributed by atoms with Gasteiger partial charge < -0.3 is 21.5 Å². The molecule has 2 atom stereocenters. The van der Waals surface area contributed by atoms with Crippen LogP contribution in [0.15, 0.2) is 47.4 Å². The summed E-state index contributed by atoms with van der Waals surface area (Å²) in [6, 6.07) is 7.61. The molecule has 0 spiro atoms. The Labute approximate surface area is 176 Å². The first-order valence-corrected chi connectivity index (χ1v) is 9.30. The maximum absolute atomic E-state index is 14.5. The predicted octanol–water partition coefficient (Wildman–Crippen LogP) is -0.841. The highest BCUT2D eigenvalue weighted by atomic mass is 19.1. The fourth-order valence-electron chi connectivity index (χ4n) is 3.24. The molecular weight excluding hydrogens is 409 g/mol. The number of nitrogens with two attached hydrogens (primary N) is 2. The first kappa shape index (κ1) is 22.1. The van der Waals surface area contributed by atoms with Gasteiger partial charge in [-0.2, -0.15) is 0 Å². The number of halogens is 1. The topological polar surface area (TPSA) is 150 Å². The van der Waals surface area contributed by atoms with Crippen LogP contribution in [0.4, 0.5) is 10.1 Å². The fourth-order valence-corrected chi connectivity index (χ4v) is 3.24. The van der Waals surface area contributed by atoms with Crippen LogP contribution in [0.3, 0.4) is 0 Å². The largest absolute Gasteiger partial charge is 0.368 e. The zero-order chi connectivity index (χ0) is 22.5. The third-order valence-electron chi connectivity index (χ3n) is 4.61. The normalized spacial score (nSPS) is 18.6. The summed E-state index contributed by atoms with van der Waals surface area (Å²) in [6.07, 6.45) is 2.36. The van der Waals surface area contributed by atoms with Gasteiger partial charge >= 0.3 is 0 Å². The van der Waals surface area contributed by atoms with Crippen molar-refractivity contribution in [2.75, 3.05) is 25.0 Å². The lowest BCUT2D eigenvalue weighted by Crippen LogP contribution is -2.44. The molecule has 1 saturated heterocycles. The maximum Gasteiger partial charge on any atom is 0.255 e. The molecular formula is C20H21FN5O5. The number of likely N-dealkylation sites (tertiary alicyclic amines) is 1. The van der Waals surface area contributed by atoms with E-state index < -0.39 is 35.7 Å². The van der Waals surface area contributed by atoms with E-state index in [1.165, 1.54) is 40.3 Å². The second kappa shape index (κ2) is 9.49. The standard InChI is InChI=1S/C20H21FN5O5/c21-14-7-12(26-6-2-1-3-19(26)29)4-5-15(14)24-18(28)10-25-9-13(31-11-17(22)27)8-16(25)20(23)30/h1-8,13,16H,9-11H2,(H2,22,27)(H2,23,30)(H,24,28)/t13-,16?/m0/s1. The molecule has 1 aromatic heterocycles. The Balaban J connectivity index is 1.66. The van der Waals surface area contributed by atoms with Gasteiger partial charge in [0.2, 0.25) is 17.7 Å². The number of aromatic nitrogens is 1. The number of pyridine rings is 1. The van der Waals surface area contributed by atoms with Gasteiger partial charge in [0.1, 0.15) is 12.4 Å². The summed E-state index contributed by atoms with van der Waals surface area (Å²) in [5, 5.41) is 2.43. The Morgan fingerprint density at radius 1 is 1.19 bits per heavy atom. The quantitative estimate of drug-likeness (QED) is 0.497. The number of benzene rings is 1. The molecule has 11 heteroatoms. The summed E-state index contributed by atoms with van der Waals surface area (Å²) < 4.78 is 21.0. The van der Waals surface area contributed by atoms with E-state index in [1.54, 1.807) is 12.1 Å². The van der Waals surface area contributed by atoms with Crippen LogP contribution >= 0.6 is 0 Å². The number of anilines is 1. The SMILES string of the molecule is NC(=O)CO[C@H]1[CH]C(C(N)=O)N(CC(=O)Nc2ccc(-n3ccccc3=O)cc2F)C1. The van der Waals surface area contributed by atoms with Gasteiger partial charge in [0.25, 0.3) is 5.56 Å². The average molecular weight is 430 g/mol. The number of hydrogen-bond acceptors (Lipinski definition) is 6. The van der Waals surface area contributed by atoms with Crippen LogP contribution in [-0.2, 0) is 19.1 Å². The number of amides is 3. The number of hydrogen-bond donors (Lipinski definition) is 3. The summed E-state index contributed by atoms with van der Waals surface area (Å²) >= 11 is 0. The first-order valence-electron chi connectivity index (χ1n) is 9.30. The van der Waals surface area contributed by atoms with E-state index in [4.69, 9.17) is 16.2 Å². The molecule has 3 rings (SSSR count). The van der Waals surface area contributed by atoms with E-state index in [-0.39, 0.29) is 30.9 Å². The Bertz CT molecular complexity index is 1060. The molecule has 5 N–H and O–H groups in total. The molecule has 3 amide bonds. The minimum atomic E-state index is -0.888. The molecule has 1 aliphatic rings. The van der Waals surface area contributed by atoms with Crippen molar-refractivity contribution in [1.82, 2.24) is 9.47 Å². The van der Waals surface area contributed by atoms with Crippen LogP contribution in [0.2, 0.25) is 0 Å². The monoisotopic (exact) mass is 430 g/mol. The van der Waals surface area contributed by atoms with E-state index in [0.717, 1.165) is 6.07 Å². The highest BCUT2D eigenvalue weighted by Crippen LogP contribution is 2.21. The van der Waals surface area contributed by atoms with Crippen molar-refractivity contribution in [2.45, 2.75) is 12.1 Å². The molecule has 2 heterocycles. The highest BCUT2D eigenvalue weighted by Gasteiger charge is 2.37. The van der Waals surface area contributed by atoms with Gasteiger partial charge in [0.05, 0.1) is 30.1 Å². The van der Waals surface area contributed by atoms with E-state index in [1.807, 2.05) is 0 Å². The van der Waals surface area contributed by atoms with Crippen LogP contribution in [-0.4, -0.2) is 59.0 Å². The molecule has 1 fully saturated rings. The second-order valence-corrected chi connectivity index (χ2v) is 6.91. The van der Waals surface area contributed by atoms with Crippen LogP contribution < -0.4 is 22.3 Å². The van der Waals surface area contributed by atoms with Gasteiger partial charge in [-0.05, 0) is 18.2 Å². The van der Waals surface area contributed by atoms with E-state index >= 15 is 0 Å².